The van der Waals surface area contributed by atoms with E-state index in [1.54, 1.807) is 7.11 Å². The molecule has 0 spiro atoms. The maximum absolute atomic E-state index is 5.33. The molecule has 1 unspecified atom stereocenters. The van der Waals surface area contributed by atoms with Crippen molar-refractivity contribution in [1.82, 2.24) is 9.55 Å². The van der Waals surface area contributed by atoms with E-state index >= 15 is 0 Å². The number of para-hydroxylation sites is 2. The van der Waals surface area contributed by atoms with E-state index in [9.17, 15) is 0 Å². The molecule has 27 heavy (non-hydrogen) atoms. The van der Waals surface area contributed by atoms with E-state index in [0.717, 1.165) is 27.1 Å². The molecule has 4 rings (SSSR count). The summed E-state index contributed by atoms with van der Waals surface area (Å²) in [6.45, 7) is 6.93. The van der Waals surface area contributed by atoms with Crippen molar-refractivity contribution in [2.75, 3.05) is 7.11 Å². The molecule has 0 aliphatic carbocycles. The zero-order valence-electron chi connectivity index (χ0n) is 15.4. The number of ether oxygens (including phenoxy) is 1. The number of benzene rings is 3. The lowest BCUT2D eigenvalue weighted by Crippen LogP contribution is -2.08. The second kappa shape index (κ2) is 7.20. The number of halogens is 1. The van der Waals surface area contributed by atoms with E-state index in [2.05, 4.69) is 82.5 Å². The summed E-state index contributed by atoms with van der Waals surface area (Å²) < 4.78 is 8.51. The molecule has 4 heteroatoms. The lowest BCUT2D eigenvalue weighted by Gasteiger charge is -2.16. The minimum atomic E-state index is 0.163. The predicted molar refractivity (Wildman–Crippen MR) is 116 cm³/mol. The number of rotatable bonds is 5. The molecule has 0 amide bonds. The Bertz CT molecular complexity index is 1150. The predicted octanol–water partition coefficient (Wildman–Crippen LogP) is 6.26. The van der Waals surface area contributed by atoms with Crippen LogP contribution >= 0.6 is 15.9 Å². The fourth-order valence-electron chi connectivity index (χ4n) is 3.55. The molecule has 0 saturated carbocycles. The van der Waals surface area contributed by atoms with Crippen LogP contribution in [0.25, 0.3) is 21.8 Å². The van der Waals surface area contributed by atoms with Crippen LogP contribution < -0.4 is 4.74 Å². The van der Waals surface area contributed by atoms with Crippen molar-refractivity contribution < 1.29 is 4.74 Å². The lowest BCUT2D eigenvalue weighted by atomic mass is 9.97. The van der Waals surface area contributed by atoms with Crippen LogP contribution in [0.4, 0.5) is 0 Å². The van der Waals surface area contributed by atoms with Gasteiger partial charge in [0.15, 0.2) is 0 Å². The number of fused-ring (bicyclic) bond motifs is 2. The van der Waals surface area contributed by atoms with E-state index in [1.165, 1.54) is 16.3 Å². The minimum absolute atomic E-state index is 0.163. The first kappa shape index (κ1) is 17.8. The van der Waals surface area contributed by atoms with Crippen LogP contribution in [0.1, 0.15) is 24.2 Å². The Morgan fingerprint density at radius 3 is 2.63 bits per heavy atom. The van der Waals surface area contributed by atoms with Crippen LogP contribution in [-0.4, -0.2) is 16.7 Å². The number of hydrogen-bond acceptors (Lipinski definition) is 2. The van der Waals surface area contributed by atoms with Gasteiger partial charge in [-0.05, 0) is 40.6 Å². The first-order valence-corrected chi connectivity index (χ1v) is 9.72. The fraction of sp³-hybridized carbons (Fsp3) is 0.174. The van der Waals surface area contributed by atoms with Gasteiger partial charge in [-0.3, -0.25) is 0 Å². The average molecular weight is 421 g/mol. The number of imidazole rings is 1. The molecule has 0 N–H and O–H groups in total. The Kier molecular flexibility index (Phi) is 4.75. The molecule has 1 heterocycles. The third kappa shape index (κ3) is 3.37. The van der Waals surface area contributed by atoms with Crippen LogP contribution in [0.15, 0.2) is 71.7 Å². The first-order chi connectivity index (χ1) is 13.1. The monoisotopic (exact) mass is 420 g/mol. The number of nitrogens with zero attached hydrogens (tertiary/aromatic N) is 2. The van der Waals surface area contributed by atoms with Gasteiger partial charge in [0.05, 0.1) is 24.7 Å². The van der Waals surface area contributed by atoms with Crippen molar-refractivity contribution in [1.29, 1.82) is 0 Å². The second-order valence-corrected chi connectivity index (χ2v) is 7.88. The normalized spacial score (nSPS) is 12.4. The summed E-state index contributed by atoms with van der Waals surface area (Å²) in [4.78, 5) is 4.93. The third-order valence-corrected chi connectivity index (χ3v) is 5.22. The van der Waals surface area contributed by atoms with E-state index < -0.39 is 0 Å². The van der Waals surface area contributed by atoms with Gasteiger partial charge in [0.1, 0.15) is 11.6 Å². The number of aromatic nitrogens is 2. The summed E-state index contributed by atoms with van der Waals surface area (Å²) in [5.74, 6) is 2.08. The highest BCUT2D eigenvalue weighted by Crippen LogP contribution is 2.31. The van der Waals surface area contributed by atoms with Crippen LogP contribution in [-0.2, 0) is 6.54 Å². The maximum Gasteiger partial charge on any atom is 0.119 e. The van der Waals surface area contributed by atoms with Gasteiger partial charge in [-0.2, -0.15) is 0 Å². The molecule has 136 valence electrons. The van der Waals surface area contributed by atoms with Crippen molar-refractivity contribution in [3.63, 3.8) is 0 Å². The highest BCUT2D eigenvalue weighted by Gasteiger charge is 2.18. The van der Waals surface area contributed by atoms with Crippen LogP contribution in [0.2, 0.25) is 0 Å². The van der Waals surface area contributed by atoms with Gasteiger partial charge in [-0.25, -0.2) is 4.98 Å². The first-order valence-electron chi connectivity index (χ1n) is 8.93. The molecule has 0 radical (unpaired) electrons. The van der Waals surface area contributed by atoms with E-state index in [0.29, 0.717) is 6.54 Å². The van der Waals surface area contributed by atoms with Crippen molar-refractivity contribution in [2.24, 2.45) is 0 Å². The van der Waals surface area contributed by atoms with Crippen LogP contribution in [0.5, 0.6) is 5.75 Å². The molecule has 0 saturated heterocycles. The van der Waals surface area contributed by atoms with Gasteiger partial charge >= 0.3 is 0 Å². The number of allylic oxidation sites excluding steroid dienone is 1. The summed E-state index contributed by atoms with van der Waals surface area (Å²) in [6, 6.07) is 21.0. The minimum Gasteiger partial charge on any atom is -0.497 e. The van der Waals surface area contributed by atoms with Crippen molar-refractivity contribution in [2.45, 2.75) is 19.4 Å². The van der Waals surface area contributed by atoms with E-state index in [4.69, 9.17) is 9.72 Å². The number of methoxy groups -OCH3 is 1. The summed E-state index contributed by atoms with van der Waals surface area (Å²) >= 11 is 3.51. The Morgan fingerprint density at radius 1 is 1.11 bits per heavy atom. The second-order valence-electron chi connectivity index (χ2n) is 6.76. The Labute approximate surface area is 167 Å². The summed E-state index contributed by atoms with van der Waals surface area (Å²) in [7, 11) is 1.69. The highest BCUT2D eigenvalue weighted by molar-refractivity contribution is 9.11. The average Bonchev–Trinajstić information content (AvgIpc) is 3.04. The van der Waals surface area contributed by atoms with Crippen molar-refractivity contribution >= 4 is 37.7 Å². The Balaban J connectivity index is 1.81. The fourth-order valence-corrected chi connectivity index (χ4v) is 3.80. The molecule has 0 bridgehead atoms. The molecular weight excluding hydrogens is 400 g/mol. The smallest absolute Gasteiger partial charge is 0.119 e. The van der Waals surface area contributed by atoms with Crippen molar-refractivity contribution in [3.05, 3.63) is 83.1 Å². The van der Waals surface area contributed by atoms with Gasteiger partial charge in [-0.1, -0.05) is 65.8 Å². The standard InChI is InChI=1S/C23H21BrN2O/c1-15(24)14-26-22-7-5-4-6-21(22)25-23(26)16(2)17-8-9-19-13-20(27-3)11-10-18(19)12-17/h4-13,16H,1,14H2,2-3H3. The largest absolute Gasteiger partial charge is 0.497 e. The zero-order valence-corrected chi connectivity index (χ0v) is 17.0. The molecule has 1 aromatic heterocycles. The van der Waals surface area contributed by atoms with Gasteiger partial charge in [0, 0.05) is 10.4 Å². The molecule has 3 aromatic carbocycles. The van der Waals surface area contributed by atoms with Gasteiger partial charge < -0.3 is 9.30 Å². The number of hydrogen-bond donors (Lipinski definition) is 0. The summed E-state index contributed by atoms with van der Waals surface area (Å²) in [6.07, 6.45) is 0. The third-order valence-electron chi connectivity index (χ3n) is 4.97. The topological polar surface area (TPSA) is 27.1 Å². The quantitative estimate of drug-likeness (QED) is 0.380. The van der Waals surface area contributed by atoms with Gasteiger partial charge in [0.25, 0.3) is 0 Å². The van der Waals surface area contributed by atoms with Gasteiger partial charge in [-0.15, -0.1) is 0 Å². The zero-order chi connectivity index (χ0) is 19.0. The van der Waals surface area contributed by atoms with Crippen LogP contribution in [0, 0.1) is 0 Å². The van der Waals surface area contributed by atoms with E-state index in [1.807, 2.05) is 12.1 Å². The van der Waals surface area contributed by atoms with E-state index in [-0.39, 0.29) is 5.92 Å². The highest BCUT2D eigenvalue weighted by atomic mass is 79.9. The molecule has 0 fully saturated rings. The lowest BCUT2D eigenvalue weighted by molar-refractivity contribution is 0.415. The molecule has 3 nitrogen and oxygen atoms in total. The molecule has 4 aromatic rings. The van der Waals surface area contributed by atoms with Crippen molar-refractivity contribution in [3.8, 4) is 5.75 Å². The molecule has 1 atom stereocenters. The molecule has 0 aliphatic heterocycles. The molecular formula is C23H21BrN2O. The SMILES string of the molecule is C=C(Br)Cn1c(C(C)c2ccc3cc(OC)ccc3c2)nc2ccccc21. The van der Waals surface area contributed by atoms with Crippen LogP contribution in [0.3, 0.4) is 0 Å². The molecule has 0 aliphatic rings. The van der Waals surface area contributed by atoms with Gasteiger partial charge in [0.2, 0.25) is 0 Å². The maximum atomic E-state index is 5.33. The Hall–Kier alpha value is -2.59. The Morgan fingerprint density at radius 2 is 1.85 bits per heavy atom. The summed E-state index contributed by atoms with van der Waals surface area (Å²) in [5.41, 5.74) is 3.38. The summed E-state index contributed by atoms with van der Waals surface area (Å²) in [5, 5.41) is 2.38.